The number of hydrogen-bond donors (Lipinski definition) is 2. The van der Waals surface area contributed by atoms with Crippen molar-refractivity contribution in [1.29, 1.82) is 0 Å². The van der Waals surface area contributed by atoms with E-state index in [0.29, 0.717) is 11.4 Å². The summed E-state index contributed by atoms with van der Waals surface area (Å²) in [6, 6.07) is 12.7. The topological polar surface area (TPSA) is 110 Å². The summed E-state index contributed by atoms with van der Waals surface area (Å²) < 4.78 is 22.5. The number of amides is 2. The predicted octanol–water partition coefficient (Wildman–Crippen LogP) is 2.28. The zero-order valence-electron chi connectivity index (χ0n) is 13.2. The molecule has 0 spiro atoms. The van der Waals surface area contributed by atoms with Crippen molar-refractivity contribution in [3.8, 4) is 0 Å². The van der Waals surface area contributed by atoms with E-state index in [1.54, 1.807) is 12.1 Å². The number of benzene rings is 2. The Labute approximate surface area is 149 Å². The molecule has 1 saturated heterocycles. The highest BCUT2D eigenvalue weighted by atomic mass is 32.2. The molecule has 1 aliphatic rings. The number of aryl methyl sites for hydroxylation is 1. The minimum atomic E-state index is -3.78. The first-order chi connectivity index (χ1) is 11.8. The van der Waals surface area contributed by atoms with Crippen LogP contribution in [-0.2, 0) is 14.8 Å². The fourth-order valence-electron chi connectivity index (χ4n) is 2.32. The Balaban J connectivity index is 1.77. The molecule has 7 nitrogen and oxygen atoms in total. The van der Waals surface area contributed by atoms with Crippen molar-refractivity contribution >= 4 is 44.3 Å². The minimum absolute atomic E-state index is 0.0270. The van der Waals surface area contributed by atoms with Gasteiger partial charge in [-0.1, -0.05) is 17.7 Å². The van der Waals surface area contributed by atoms with E-state index in [4.69, 9.17) is 5.14 Å². The van der Waals surface area contributed by atoms with Crippen LogP contribution >= 0.6 is 11.8 Å². The molecule has 0 aliphatic carbocycles. The number of primary sulfonamides is 1. The van der Waals surface area contributed by atoms with Crippen molar-refractivity contribution in [1.82, 2.24) is 0 Å². The summed E-state index contributed by atoms with van der Waals surface area (Å²) in [5, 5.41) is 6.82. The third-order valence-electron chi connectivity index (χ3n) is 3.62. The van der Waals surface area contributed by atoms with E-state index in [-0.39, 0.29) is 16.0 Å². The Morgan fingerprint density at radius 2 is 1.64 bits per heavy atom. The number of anilines is 2. The van der Waals surface area contributed by atoms with Gasteiger partial charge in [-0.3, -0.25) is 9.59 Å². The number of nitrogens with two attached hydrogens (primary N) is 1. The van der Waals surface area contributed by atoms with E-state index in [9.17, 15) is 18.0 Å². The quantitative estimate of drug-likeness (QED) is 0.846. The standard InChI is InChI=1S/C16H15N3O4S2/c1-10-2-6-12(7-3-10)19-15(20)14(24-16(19)21)18-11-4-8-13(9-5-11)25(17,22)23/h2-9,14,18H,1H3,(H2,17,22,23). The van der Waals surface area contributed by atoms with Crippen molar-refractivity contribution in [2.24, 2.45) is 5.14 Å². The zero-order chi connectivity index (χ0) is 18.2. The molecular weight excluding hydrogens is 362 g/mol. The monoisotopic (exact) mass is 377 g/mol. The highest BCUT2D eigenvalue weighted by Crippen LogP contribution is 2.32. The molecule has 1 aliphatic heterocycles. The summed E-state index contributed by atoms with van der Waals surface area (Å²) in [6.45, 7) is 1.92. The average molecular weight is 377 g/mol. The van der Waals surface area contributed by atoms with Gasteiger partial charge >= 0.3 is 0 Å². The largest absolute Gasteiger partial charge is 0.365 e. The Hall–Kier alpha value is -2.36. The number of nitrogens with one attached hydrogen (secondary N) is 1. The molecule has 1 fully saturated rings. The lowest BCUT2D eigenvalue weighted by molar-refractivity contribution is -0.116. The molecule has 0 radical (unpaired) electrons. The Bertz CT molecular complexity index is 925. The smallest absolute Gasteiger partial charge is 0.295 e. The summed E-state index contributed by atoms with van der Waals surface area (Å²) in [7, 11) is -3.78. The third kappa shape index (κ3) is 3.68. The first-order valence-corrected chi connectivity index (χ1v) is 9.69. The first kappa shape index (κ1) is 17.5. The molecule has 9 heteroatoms. The highest BCUT2D eigenvalue weighted by molar-refractivity contribution is 8.16. The van der Waals surface area contributed by atoms with E-state index in [1.807, 2.05) is 19.1 Å². The van der Waals surface area contributed by atoms with Gasteiger partial charge in [-0.2, -0.15) is 0 Å². The number of thioether (sulfide) groups is 1. The van der Waals surface area contributed by atoms with Gasteiger partial charge in [-0.15, -0.1) is 0 Å². The Morgan fingerprint density at radius 1 is 1.04 bits per heavy atom. The molecule has 1 unspecified atom stereocenters. The second kappa shape index (κ2) is 6.51. The third-order valence-corrected chi connectivity index (χ3v) is 5.49. The van der Waals surface area contributed by atoms with Gasteiger partial charge in [0.05, 0.1) is 10.6 Å². The first-order valence-electron chi connectivity index (χ1n) is 7.26. The van der Waals surface area contributed by atoms with Gasteiger partial charge in [-0.05, 0) is 55.1 Å². The van der Waals surface area contributed by atoms with Gasteiger partial charge in [0.1, 0.15) is 0 Å². The van der Waals surface area contributed by atoms with Crippen LogP contribution in [0.4, 0.5) is 16.2 Å². The van der Waals surface area contributed by atoms with Crippen LogP contribution in [0.25, 0.3) is 0 Å². The number of hydrogen-bond acceptors (Lipinski definition) is 6. The molecule has 3 rings (SSSR count). The summed E-state index contributed by atoms with van der Waals surface area (Å²) in [5.74, 6) is -0.380. The van der Waals surface area contributed by atoms with Gasteiger partial charge < -0.3 is 5.32 Å². The Morgan fingerprint density at radius 3 is 2.20 bits per heavy atom. The van der Waals surface area contributed by atoms with E-state index in [0.717, 1.165) is 22.2 Å². The van der Waals surface area contributed by atoms with Crippen LogP contribution in [0.1, 0.15) is 5.56 Å². The highest BCUT2D eigenvalue weighted by Gasteiger charge is 2.40. The van der Waals surface area contributed by atoms with Crippen molar-refractivity contribution < 1.29 is 18.0 Å². The minimum Gasteiger partial charge on any atom is -0.365 e. The van der Waals surface area contributed by atoms with Crippen LogP contribution in [0.3, 0.4) is 0 Å². The second-order valence-corrected chi connectivity index (χ2v) is 8.10. The Kier molecular flexibility index (Phi) is 4.55. The van der Waals surface area contributed by atoms with E-state index >= 15 is 0 Å². The van der Waals surface area contributed by atoms with Gasteiger partial charge in [-0.25, -0.2) is 18.5 Å². The summed E-state index contributed by atoms with van der Waals surface area (Å²) in [6.07, 6.45) is 0. The molecule has 1 heterocycles. The SMILES string of the molecule is Cc1ccc(N2C(=O)SC(Nc3ccc(S(N)(=O)=O)cc3)C2=O)cc1. The lowest BCUT2D eigenvalue weighted by atomic mass is 10.2. The molecule has 0 aromatic heterocycles. The fourth-order valence-corrected chi connectivity index (χ4v) is 3.74. The normalized spacial score (nSPS) is 17.8. The summed E-state index contributed by atoms with van der Waals surface area (Å²) >= 11 is 0.869. The van der Waals surface area contributed by atoms with E-state index in [1.165, 1.54) is 24.3 Å². The van der Waals surface area contributed by atoms with Crippen molar-refractivity contribution in [2.45, 2.75) is 17.2 Å². The summed E-state index contributed by atoms with van der Waals surface area (Å²) in [4.78, 5) is 25.8. The molecule has 1 atom stereocenters. The molecule has 0 bridgehead atoms. The van der Waals surface area contributed by atoms with Crippen LogP contribution in [0, 0.1) is 6.92 Å². The maximum absolute atomic E-state index is 12.5. The second-order valence-electron chi connectivity index (χ2n) is 5.49. The number of imide groups is 1. The van der Waals surface area contributed by atoms with Crippen LogP contribution in [0.15, 0.2) is 53.4 Å². The molecular formula is C16H15N3O4S2. The zero-order valence-corrected chi connectivity index (χ0v) is 14.8. The number of carbonyl (C=O) groups is 2. The maximum atomic E-state index is 12.5. The van der Waals surface area contributed by atoms with Gasteiger partial charge in [0.25, 0.3) is 11.1 Å². The molecule has 3 N–H and O–H groups in total. The van der Waals surface area contributed by atoms with Crippen LogP contribution < -0.4 is 15.4 Å². The molecule has 25 heavy (non-hydrogen) atoms. The van der Waals surface area contributed by atoms with Gasteiger partial charge in [0.15, 0.2) is 5.37 Å². The lowest BCUT2D eigenvalue weighted by Gasteiger charge is -2.15. The number of sulfonamides is 1. The van der Waals surface area contributed by atoms with Gasteiger partial charge in [0, 0.05) is 5.69 Å². The molecule has 130 valence electrons. The average Bonchev–Trinajstić information content (AvgIpc) is 2.82. The van der Waals surface area contributed by atoms with Crippen molar-refractivity contribution in [3.63, 3.8) is 0 Å². The predicted molar refractivity (Wildman–Crippen MR) is 96.9 cm³/mol. The summed E-state index contributed by atoms with van der Waals surface area (Å²) in [5.41, 5.74) is 2.05. The number of rotatable bonds is 4. The lowest BCUT2D eigenvalue weighted by Crippen LogP contribution is -2.34. The fraction of sp³-hybridized carbons (Fsp3) is 0.125. The van der Waals surface area contributed by atoms with E-state index < -0.39 is 15.4 Å². The van der Waals surface area contributed by atoms with Crippen LogP contribution in [0.5, 0.6) is 0 Å². The molecule has 0 saturated carbocycles. The van der Waals surface area contributed by atoms with Crippen LogP contribution in [0.2, 0.25) is 0 Å². The van der Waals surface area contributed by atoms with Crippen molar-refractivity contribution in [3.05, 3.63) is 54.1 Å². The van der Waals surface area contributed by atoms with Crippen molar-refractivity contribution in [2.75, 3.05) is 10.2 Å². The maximum Gasteiger partial charge on any atom is 0.295 e. The van der Waals surface area contributed by atoms with E-state index in [2.05, 4.69) is 5.32 Å². The molecule has 2 aromatic carbocycles. The number of carbonyl (C=O) groups excluding carboxylic acids is 2. The molecule has 2 aromatic rings. The van der Waals surface area contributed by atoms with Crippen LogP contribution in [-0.4, -0.2) is 24.9 Å². The molecule has 2 amide bonds. The van der Waals surface area contributed by atoms with Gasteiger partial charge in [0.2, 0.25) is 10.0 Å². The number of nitrogens with zero attached hydrogens (tertiary/aromatic N) is 1.